The third-order valence-corrected chi connectivity index (χ3v) is 2.46. The van der Waals surface area contributed by atoms with Crippen LogP contribution >= 0.6 is 0 Å². The van der Waals surface area contributed by atoms with E-state index in [1.807, 2.05) is 26.1 Å². The Morgan fingerprint density at radius 2 is 2.31 bits per heavy atom. The highest BCUT2D eigenvalue weighted by molar-refractivity contribution is 5.42. The van der Waals surface area contributed by atoms with Gasteiger partial charge in [-0.3, -0.25) is 0 Å². The van der Waals surface area contributed by atoms with E-state index < -0.39 is 0 Å². The third kappa shape index (κ3) is 3.35. The first-order valence-electron chi connectivity index (χ1n) is 5.65. The molecule has 88 valence electrons. The molecule has 3 nitrogen and oxygen atoms in total. The van der Waals surface area contributed by atoms with Gasteiger partial charge in [-0.25, -0.2) is 4.98 Å². The fourth-order valence-corrected chi connectivity index (χ4v) is 1.57. The van der Waals surface area contributed by atoms with Crippen molar-refractivity contribution in [1.82, 2.24) is 4.98 Å². The van der Waals surface area contributed by atoms with Crippen LogP contribution < -0.4 is 10.6 Å². The van der Waals surface area contributed by atoms with Gasteiger partial charge in [0.1, 0.15) is 5.82 Å². The van der Waals surface area contributed by atoms with E-state index in [0.29, 0.717) is 0 Å². The van der Waals surface area contributed by atoms with Gasteiger partial charge in [-0.05, 0) is 38.5 Å². The number of anilines is 1. The molecule has 0 unspecified atom stereocenters. The van der Waals surface area contributed by atoms with Crippen LogP contribution in [0, 0.1) is 0 Å². The number of nitrogens with zero attached hydrogens (tertiary/aromatic N) is 2. The molecule has 0 bridgehead atoms. The van der Waals surface area contributed by atoms with Crippen LogP contribution in [0.15, 0.2) is 30.5 Å². The molecule has 3 heteroatoms. The molecule has 0 radical (unpaired) electrons. The van der Waals surface area contributed by atoms with E-state index >= 15 is 0 Å². The Kier molecular flexibility index (Phi) is 4.50. The first kappa shape index (κ1) is 12.7. The average molecular weight is 219 g/mol. The lowest BCUT2D eigenvalue weighted by Gasteiger charge is -2.22. The lowest BCUT2D eigenvalue weighted by Crippen LogP contribution is -2.25. The molecular formula is C13H21N3. The Balaban J connectivity index is 2.92. The number of aromatic nitrogens is 1. The first-order chi connectivity index (χ1) is 7.54. The number of nitrogens with two attached hydrogens (primary N) is 1. The molecule has 0 saturated carbocycles. The van der Waals surface area contributed by atoms with E-state index in [4.69, 9.17) is 5.73 Å². The maximum absolute atomic E-state index is 5.86. The molecule has 0 fully saturated rings. The summed E-state index contributed by atoms with van der Waals surface area (Å²) in [5.41, 5.74) is 8.11. The summed E-state index contributed by atoms with van der Waals surface area (Å²) in [6.45, 7) is 11.8. The Hall–Kier alpha value is -1.35. The van der Waals surface area contributed by atoms with Gasteiger partial charge in [0.25, 0.3) is 0 Å². The maximum Gasteiger partial charge on any atom is 0.129 e. The average Bonchev–Trinajstić information content (AvgIpc) is 2.25. The van der Waals surface area contributed by atoms with Gasteiger partial charge in [0.05, 0.1) is 0 Å². The predicted octanol–water partition coefficient (Wildman–Crippen LogP) is 2.50. The number of rotatable bonds is 5. The smallest absolute Gasteiger partial charge is 0.129 e. The largest absolute Gasteiger partial charge is 0.353 e. The lowest BCUT2D eigenvalue weighted by atomic mass is 10.1. The van der Waals surface area contributed by atoms with Crippen LogP contribution in [-0.2, 0) is 0 Å². The molecule has 0 aliphatic heterocycles. The van der Waals surface area contributed by atoms with Gasteiger partial charge in [0.2, 0.25) is 0 Å². The normalized spacial score (nSPS) is 12.2. The summed E-state index contributed by atoms with van der Waals surface area (Å²) in [4.78, 5) is 6.56. The van der Waals surface area contributed by atoms with Crippen molar-refractivity contribution >= 4 is 5.82 Å². The highest BCUT2D eigenvalue weighted by Crippen LogP contribution is 2.17. The first-order valence-corrected chi connectivity index (χ1v) is 5.65. The van der Waals surface area contributed by atoms with Crippen molar-refractivity contribution < 1.29 is 0 Å². The summed E-state index contributed by atoms with van der Waals surface area (Å²) in [6, 6.07) is 4.06. The Labute approximate surface area is 98.0 Å². The van der Waals surface area contributed by atoms with Gasteiger partial charge < -0.3 is 10.6 Å². The van der Waals surface area contributed by atoms with E-state index in [2.05, 4.69) is 29.5 Å². The number of likely N-dealkylation sites (N-methyl/N-ethyl adjacent to an activating group) is 1. The summed E-state index contributed by atoms with van der Waals surface area (Å²) < 4.78 is 0. The molecule has 2 N–H and O–H groups in total. The molecular weight excluding hydrogens is 198 g/mol. The molecule has 16 heavy (non-hydrogen) atoms. The summed E-state index contributed by atoms with van der Waals surface area (Å²) in [5, 5.41) is 0. The van der Waals surface area contributed by atoms with Crippen molar-refractivity contribution in [2.75, 3.05) is 18.0 Å². The van der Waals surface area contributed by atoms with Gasteiger partial charge in [0.15, 0.2) is 0 Å². The second-order valence-electron chi connectivity index (χ2n) is 4.21. The van der Waals surface area contributed by atoms with Gasteiger partial charge in [0, 0.05) is 25.3 Å². The summed E-state index contributed by atoms with van der Waals surface area (Å²) in [6.07, 6.45) is 1.81. The highest BCUT2D eigenvalue weighted by atomic mass is 15.2. The van der Waals surface area contributed by atoms with E-state index in [-0.39, 0.29) is 6.04 Å². The van der Waals surface area contributed by atoms with Crippen molar-refractivity contribution in [3.05, 3.63) is 36.0 Å². The number of hydrogen-bond donors (Lipinski definition) is 1. The summed E-state index contributed by atoms with van der Waals surface area (Å²) in [5.74, 6) is 0.973. The van der Waals surface area contributed by atoms with E-state index in [1.165, 1.54) is 0 Å². The Bertz CT molecular complexity index is 358. The van der Waals surface area contributed by atoms with Gasteiger partial charge >= 0.3 is 0 Å². The molecule has 1 atom stereocenters. The number of hydrogen-bond acceptors (Lipinski definition) is 3. The Morgan fingerprint density at radius 1 is 1.62 bits per heavy atom. The van der Waals surface area contributed by atoms with Crippen LogP contribution in [0.25, 0.3) is 0 Å². The summed E-state index contributed by atoms with van der Waals surface area (Å²) >= 11 is 0. The van der Waals surface area contributed by atoms with Crippen LogP contribution in [0.2, 0.25) is 0 Å². The zero-order chi connectivity index (χ0) is 12.1. The van der Waals surface area contributed by atoms with Crippen LogP contribution in [0.1, 0.15) is 32.4 Å². The van der Waals surface area contributed by atoms with Crippen LogP contribution in [0.3, 0.4) is 0 Å². The lowest BCUT2D eigenvalue weighted by molar-refractivity contribution is 0.805. The quantitative estimate of drug-likeness (QED) is 0.774. The van der Waals surface area contributed by atoms with E-state index in [9.17, 15) is 0 Å². The SMILES string of the molecule is C=C(C)CN(CC)c1cc([C@@H](C)N)ccn1. The van der Waals surface area contributed by atoms with Crippen molar-refractivity contribution in [2.24, 2.45) is 5.73 Å². The second kappa shape index (κ2) is 5.66. The molecule has 0 aromatic carbocycles. The van der Waals surface area contributed by atoms with Crippen LogP contribution in [-0.4, -0.2) is 18.1 Å². The molecule has 0 spiro atoms. The number of pyridine rings is 1. The minimum atomic E-state index is 0.0466. The van der Waals surface area contributed by atoms with Crippen molar-refractivity contribution in [3.63, 3.8) is 0 Å². The zero-order valence-electron chi connectivity index (χ0n) is 10.4. The molecule has 0 aliphatic rings. The Morgan fingerprint density at radius 3 is 2.81 bits per heavy atom. The van der Waals surface area contributed by atoms with Gasteiger partial charge in [-0.15, -0.1) is 0 Å². The van der Waals surface area contributed by atoms with Gasteiger partial charge in [-0.1, -0.05) is 12.2 Å². The molecule has 1 rings (SSSR count). The second-order valence-corrected chi connectivity index (χ2v) is 4.21. The molecule has 0 aliphatic carbocycles. The minimum absolute atomic E-state index is 0.0466. The van der Waals surface area contributed by atoms with Crippen LogP contribution in [0.4, 0.5) is 5.82 Å². The fraction of sp³-hybridized carbons (Fsp3) is 0.462. The topological polar surface area (TPSA) is 42.1 Å². The fourth-order valence-electron chi connectivity index (χ4n) is 1.57. The van der Waals surface area contributed by atoms with Crippen molar-refractivity contribution in [2.45, 2.75) is 26.8 Å². The highest BCUT2D eigenvalue weighted by Gasteiger charge is 2.07. The van der Waals surface area contributed by atoms with Crippen LogP contribution in [0.5, 0.6) is 0 Å². The predicted molar refractivity (Wildman–Crippen MR) is 69.5 cm³/mol. The monoisotopic (exact) mass is 219 g/mol. The summed E-state index contributed by atoms with van der Waals surface area (Å²) in [7, 11) is 0. The molecule has 0 amide bonds. The van der Waals surface area contributed by atoms with Crippen molar-refractivity contribution in [1.29, 1.82) is 0 Å². The maximum atomic E-state index is 5.86. The van der Waals surface area contributed by atoms with Crippen molar-refractivity contribution in [3.8, 4) is 0 Å². The standard InChI is InChI=1S/C13H21N3/c1-5-16(9-10(2)3)13-8-12(11(4)14)6-7-15-13/h6-8,11H,2,5,9,14H2,1,3-4H3/t11-/m1/s1. The van der Waals surface area contributed by atoms with Gasteiger partial charge in [-0.2, -0.15) is 0 Å². The third-order valence-electron chi connectivity index (χ3n) is 2.46. The molecule has 1 heterocycles. The molecule has 0 saturated heterocycles. The molecule has 1 aromatic heterocycles. The van der Waals surface area contributed by atoms with E-state index in [0.717, 1.165) is 30.0 Å². The minimum Gasteiger partial charge on any atom is -0.353 e. The van der Waals surface area contributed by atoms with E-state index in [1.54, 1.807) is 0 Å². The molecule has 1 aromatic rings. The zero-order valence-corrected chi connectivity index (χ0v) is 10.4.